The number of benzene rings is 2. The van der Waals surface area contributed by atoms with Gasteiger partial charge in [-0.3, -0.25) is 4.48 Å². The van der Waals surface area contributed by atoms with E-state index in [9.17, 15) is 13.2 Å². The van der Waals surface area contributed by atoms with Crippen LogP contribution >= 0.6 is 0 Å². The highest BCUT2D eigenvalue weighted by molar-refractivity contribution is 5.95. The van der Waals surface area contributed by atoms with Gasteiger partial charge in [0.2, 0.25) is 0 Å². The maximum atomic E-state index is 14.8. The molecule has 0 saturated heterocycles. The third-order valence-electron chi connectivity index (χ3n) is 5.94. The van der Waals surface area contributed by atoms with Gasteiger partial charge in [-0.15, -0.1) is 0 Å². The molecule has 0 aliphatic carbocycles. The number of alkyl halides is 3. The number of ether oxygens (including phenoxy) is 1. The second-order valence-electron chi connectivity index (χ2n) is 7.07. The molecule has 2 aromatic rings. The molecule has 1 atom stereocenters. The Kier molecular flexibility index (Phi) is 5.63. The lowest BCUT2D eigenvalue weighted by atomic mass is 9.80. The molecule has 0 unspecified atom stereocenters. The molecule has 0 N–H and O–H groups in total. The monoisotopic (exact) mass is 405 g/mol. The second kappa shape index (κ2) is 7.71. The van der Waals surface area contributed by atoms with Crippen LogP contribution in [-0.4, -0.2) is 43.4 Å². The van der Waals surface area contributed by atoms with E-state index in [1.807, 2.05) is 20.8 Å². The quantitative estimate of drug-likeness (QED) is 0.583. The van der Waals surface area contributed by atoms with Gasteiger partial charge >= 0.3 is 6.18 Å². The van der Waals surface area contributed by atoms with Crippen LogP contribution in [0.3, 0.4) is 0 Å². The number of hydrogen-bond acceptors (Lipinski definition) is 2. The Bertz CT molecular complexity index is 881. The zero-order valence-corrected chi connectivity index (χ0v) is 17.1. The van der Waals surface area contributed by atoms with Gasteiger partial charge in [-0.1, -0.05) is 36.4 Å². The molecule has 0 saturated carbocycles. The number of aliphatic imine (C=N–C) groups is 1. The summed E-state index contributed by atoms with van der Waals surface area (Å²) >= 11 is 0. The highest BCUT2D eigenvalue weighted by atomic mass is 19.4. The number of quaternary nitrogens is 1. The Balaban J connectivity index is 2.32. The normalized spacial score (nSPS) is 19.2. The van der Waals surface area contributed by atoms with Gasteiger partial charge in [-0.2, -0.15) is 13.2 Å². The average Bonchev–Trinajstić information content (AvgIpc) is 2.74. The van der Waals surface area contributed by atoms with Crippen molar-refractivity contribution in [2.45, 2.75) is 32.5 Å². The highest BCUT2D eigenvalue weighted by Crippen LogP contribution is 2.55. The molecule has 0 aromatic heterocycles. The standard InChI is InChI=1S/C22H26F3N3O/c1-5-28(6-2,7-3)20-26-19-11-9-8-10-18(19)21(27-20,22(23,24)25)16-12-14-17(29-4)15-13-16/h8-15H,5-7H2,1-4H3/t21-/m0/s1. The third-order valence-corrected chi connectivity index (χ3v) is 5.94. The van der Waals surface area contributed by atoms with Gasteiger partial charge in [-0.05, 0) is 49.7 Å². The van der Waals surface area contributed by atoms with E-state index in [-0.39, 0.29) is 21.6 Å². The predicted octanol–water partition coefficient (Wildman–Crippen LogP) is 5.75. The first-order chi connectivity index (χ1) is 13.8. The fraction of sp³-hybridized carbons (Fsp3) is 0.409. The SMILES string of the molecule is CC[N+](CC)(CC)C1=Nc2ccccc2[C@@](c2ccc(OC)cc2)(C(F)(F)F)[N-]1. The average molecular weight is 405 g/mol. The van der Waals surface area contributed by atoms with Crippen LogP contribution in [0, 0.1) is 0 Å². The first kappa shape index (κ1) is 21.2. The number of methoxy groups -OCH3 is 1. The number of hydrogen-bond donors (Lipinski definition) is 0. The molecule has 1 heterocycles. The minimum Gasteiger partial charge on any atom is -0.497 e. The zero-order valence-electron chi connectivity index (χ0n) is 17.1. The van der Waals surface area contributed by atoms with Crippen LogP contribution in [0.1, 0.15) is 31.9 Å². The summed E-state index contributed by atoms with van der Waals surface area (Å²) in [7, 11) is 1.48. The van der Waals surface area contributed by atoms with Gasteiger partial charge in [-0.25, -0.2) is 0 Å². The highest BCUT2D eigenvalue weighted by Gasteiger charge is 2.57. The molecular formula is C22H26F3N3O. The summed E-state index contributed by atoms with van der Waals surface area (Å²) in [5.74, 6) is 0.703. The lowest BCUT2D eigenvalue weighted by Gasteiger charge is -2.52. The summed E-state index contributed by atoms with van der Waals surface area (Å²) in [6.45, 7) is 7.67. The van der Waals surface area contributed by atoms with E-state index in [1.54, 1.807) is 18.2 Å². The van der Waals surface area contributed by atoms with Crippen molar-refractivity contribution >= 4 is 11.6 Å². The lowest BCUT2D eigenvalue weighted by Crippen LogP contribution is -2.56. The van der Waals surface area contributed by atoms with E-state index in [1.165, 1.54) is 37.4 Å². The second-order valence-corrected chi connectivity index (χ2v) is 7.07. The van der Waals surface area contributed by atoms with E-state index in [0.717, 1.165) is 0 Å². The van der Waals surface area contributed by atoms with E-state index in [4.69, 9.17) is 4.74 Å². The molecule has 0 amide bonds. The molecule has 1 aliphatic heterocycles. The molecule has 0 bridgehead atoms. The first-order valence-corrected chi connectivity index (χ1v) is 9.77. The fourth-order valence-corrected chi connectivity index (χ4v) is 3.96. The van der Waals surface area contributed by atoms with Gasteiger partial charge < -0.3 is 15.0 Å². The Morgan fingerprint density at radius 1 is 0.966 bits per heavy atom. The molecule has 0 radical (unpaired) electrons. The van der Waals surface area contributed by atoms with Gasteiger partial charge in [0.25, 0.3) is 0 Å². The Hall–Kier alpha value is -2.54. The van der Waals surface area contributed by atoms with Crippen molar-refractivity contribution < 1.29 is 22.4 Å². The third kappa shape index (κ3) is 3.27. The van der Waals surface area contributed by atoms with Crippen molar-refractivity contribution in [3.8, 4) is 5.75 Å². The molecule has 29 heavy (non-hydrogen) atoms. The van der Waals surface area contributed by atoms with E-state index in [2.05, 4.69) is 10.3 Å². The maximum Gasteiger partial charge on any atom is 0.402 e. The summed E-state index contributed by atoms with van der Waals surface area (Å²) in [6.07, 6.45) is -4.65. The number of rotatable bonds is 5. The minimum absolute atomic E-state index is 0.0443. The topological polar surface area (TPSA) is 35.7 Å². The fourth-order valence-electron chi connectivity index (χ4n) is 3.96. The van der Waals surface area contributed by atoms with Crippen LogP contribution in [-0.2, 0) is 5.54 Å². The Labute approximate surface area is 169 Å². The van der Waals surface area contributed by atoms with Crippen LogP contribution in [0.25, 0.3) is 5.32 Å². The van der Waals surface area contributed by atoms with Crippen LogP contribution < -0.4 is 4.74 Å². The van der Waals surface area contributed by atoms with Crippen molar-refractivity contribution in [1.29, 1.82) is 0 Å². The van der Waals surface area contributed by atoms with Crippen molar-refractivity contribution in [2.75, 3.05) is 26.7 Å². The summed E-state index contributed by atoms with van der Waals surface area (Å²) in [5.41, 5.74) is -2.12. The molecular weight excluding hydrogens is 379 g/mol. The molecule has 0 spiro atoms. The number of nitrogens with zero attached hydrogens (tertiary/aromatic N) is 3. The van der Waals surface area contributed by atoms with Crippen LogP contribution in [0.15, 0.2) is 53.5 Å². The van der Waals surface area contributed by atoms with Gasteiger partial charge in [0.15, 0.2) is 0 Å². The summed E-state index contributed by atoms with van der Waals surface area (Å²) in [6, 6.07) is 12.3. The summed E-state index contributed by atoms with van der Waals surface area (Å²) in [5, 5.41) is 4.39. The first-order valence-electron chi connectivity index (χ1n) is 9.77. The smallest absolute Gasteiger partial charge is 0.402 e. The molecule has 7 heteroatoms. The van der Waals surface area contributed by atoms with E-state index < -0.39 is 11.7 Å². The van der Waals surface area contributed by atoms with Gasteiger partial charge in [0.1, 0.15) is 17.2 Å². The molecule has 2 aromatic carbocycles. The van der Waals surface area contributed by atoms with Crippen LogP contribution in [0.4, 0.5) is 18.9 Å². The molecule has 1 aliphatic rings. The molecule has 3 rings (SSSR count). The van der Waals surface area contributed by atoms with Gasteiger partial charge in [0, 0.05) is 0 Å². The van der Waals surface area contributed by atoms with Crippen LogP contribution in [0.2, 0.25) is 0 Å². The molecule has 0 fully saturated rings. The van der Waals surface area contributed by atoms with E-state index >= 15 is 0 Å². The minimum atomic E-state index is -4.65. The number of fused-ring (bicyclic) bond motifs is 1. The van der Waals surface area contributed by atoms with Crippen molar-refractivity contribution in [3.05, 3.63) is 65.0 Å². The summed E-state index contributed by atoms with van der Waals surface area (Å²) in [4.78, 5) is 4.60. The van der Waals surface area contributed by atoms with Crippen molar-refractivity contribution in [3.63, 3.8) is 0 Å². The number of guanidine groups is 1. The zero-order chi connectivity index (χ0) is 21.3. The van der Waals surface area contributed by atoms with Crippen molar-refractivity contribution in [2.24, 2.45) is 4.99 Å². The number of halogens is 3. The summed E-state index contributed by atoms with van der Waals surface area (Å²) < 4.78 is 49.9. The lowest BCUT2D eigenvalue weighted by molar-refractivity contribution is -0.835. The van der Waals surface area contributed by atoms with Gasteiger partial charge in [0.05, 0.1) is 26.7 Å². The number of para-hydroxylation sites is 1. The Morgan fingerprint density at radius 3 is 2.07 bits per heavy atom. The van der Waals surface area contributed by atoms with E-state index in [0.29, 0.717) is 31.1 Å². The Morgan fingerprint density at radius 2 is 1.55 bits per heavy atom. The van der Waals surface area contributed by atoms with Crippen LogP contribution in [0.5, 0.6) is 5.75 Å². The predicted molar refractivity (Wildman–Crippen MR) is 109 cm³/mol. The maximum absolute atomic E-state index is 14.8. The largest absolute Gasteiger partial charge is 0.497 e. The van der Waals surface area contributed by atoms with Crippen molar-refractivity contribution in [1.82, 2.24) is 0 Å². The molecule has 4 nitrogen and oxygen atoms in total. The molecule has 156 valence electrons.